The van der Waals surface area contributed by atoms with Crippen molar-refractivity contribution in [2.45, 2.75) is 25.3 Å². The average molecular weight is 450 g/mol. The number of piperazine rings is 1. The molecular formula is C20H31Cl3N4O. The van der Waals surface area contributed by atoms with Gasteiger partial charge in [0.05, 0.1) is 16.8 Å². The van der Waals surface area contributed by atoms with E-state index in [1.165, 1.54) is 12.8 Å². The van der Waals surface area contributed by atoms with E-state index in [2.05, 4.69) is 33.1 Å². The molecule has 0 saturated carbocycles. The van der Waals surface area contributed by atoms with E-state index in [1.54, 1.807) is 0 Å². The van der Waals surface area contributed by atoms with Crippen LogP contribution in [0.1, 0.15) is 19.3 Å². The SMILES string of the molecule is CN1CC2(CCNCC2)CC1C(=O)N1CCN(c2ccccc2Cl)CC1.Cl.Cl. The standard InChI is InChI=1S/C20H29ClN4O.2ClH/c1-23-15-20(6-8-22-9-7-20)14-18(23)19(26)25-12-10-24(11-13-25)17-5-3-2-4-16(17)21;;/h2-5,18,22H,6-15H2,1H3;2*1H. The van der Waals surface area contributed by atoms with Crippen LogP contribution in [0.2, 0.25) is 5.02 Å². The molecule has 1 aromatic carbocycles. The molecule has 4 rings (SSSR count). The molecule has 5 nitrogen and oxygen atoms in total. The van der Waals surface area contributed by atoms with Crippen LogP contribution in [0, 0.1) is 5.41 Å². The topological polar surface area (TPSA) is 38.8 Å². The van der Waals surface area contributed by atoms with E-state index in [0.717, 1.165) is 62.9 Å². The molecule has 1 amide bonds. The number of likely N-dealkylation sites (N-methyl/N-ethyl adjacent to an activating group) is 1. The number of piperidine rings is 1. The third-order valence-corrected chi connectivity index (χ3v) is 6.80. The minimum absolute atomic E-state index is 0. The van der Waals surface area contributed by atoms with Gasteiger partial charge in [0.2, 0.25) is 5.91 Å². The predicted molar refractivity (Wildman–Crippen MR) is 120 cm³/mol. The highest BCUT2D eigenvalue weighted by Crippen LogP contribution is 2.41. The molecule has 3 heterocycles. The van der Waals surface area contributed by atoms with Gasteiger partial charge in [0.15, 0.2) is 0 Å². The van der Waals surface area contributed by atoms with Crippen molar-refractivity contribution in [2.75, 3.05) is 57.8 Å². The van der Waals surface area contributed by atoms with Crippen molar-refractivity contribution >= 4 is 48.0 Å². The van der Waals surface area contributed by atoms with E-state index in [-0.39, 0.29) is 30.9 Å². The number of carbonyl (C=O) groups is 1. The van der Waals surface area contributed by atoms with Crippen molar-refractivity contribution in [3.05, 3.63) is 29.3 Å². The van der Waals surface area contributed by atoms with Gasteiger partial charge in [0, 0.05) is 32.7 Å². The average Bonchev–Trinajstić information content (AvgIpc) is 2.98. The zero-order valence-electron chi connectivity index (χ0n) is 16.4. The molecule has 3 fully saturated rings. The van der Waals surface area contributed by atoms with Crippen LogP contribution in [0.4, 0.5) is 5.69 Å². The Kier molecular flexibility index (Phi) is 8.29. The number of rotatable bonds is 2. The molecular weight excluding hydrogens is 419 g/mol. The van der Waals surface area contributed by atoms with Crippen molar-refractivity contribution in [2.24, 2.45) is 5.41 Å². The van der Waals surface area contributed by atoms with Gasteiger partial charge in [-0.3, -0.25) is 9.69 Å². The minimum Gasteiger partial charge on any atom is -0.367 e. The van der Waals surface area contributed by atoms with Gasteiger partial charge in [-0.2, -0.15) is 0 Å². The zero-order valence-corrected chi connectivity index (χ0v) is 18.8. The van der Waals surface area contributed by atoms with Gasteiger partial charge in [0.1, 0.15) is 0 Å². The van der Waals surface area contributed by atoms with E-state index >= 15 is 0 Å². The Morgan fingerprint density at radius 3 is 2.39 bits per heavy atom. The highest BCUT2D eigenvalue weighted by Gasteiger charge is 2.46. The van der Waals surface area contributed by atoms with E-state index in [1.807, 2.05) is 18.2 Å². The van der Waals surface area contributed by atoms with Crippen LogP contribution < -0.4 is 10.2 Å². The number of para-hydroxylation sites is 1. The van der Waals surface area contributed by atoms with Gasteiger partial charge < -0.3 is 15.1 Å². The molecule has 3 aliphatic heterocycles. The first-order chi connectivity index (χ1) is 12.6. The molecule has 1 aromatic rings. The summed E-state index contributed by atoms with van der Waals surface area (Å²) in [7, 11) is 2.12. The summed E-state index contributed by atoms with van der Waals surface area (Å²) in [6.45, 7) is 6.50. The first-order valence-corrected chi connectivity index (χ1v) is 10.2. The maximum Gasteiger partial charge on any atom is 0.240 e. The fourth-order valence-electron chi connectivity index (χ4n) is 4.95. The normalized spacial score (nSPS) is 24.6. The highest BCUT2D eigenvalue weighted by molar-refractivity contribution is 6.33. The summed E-state index contributed by atoms with van der Waals surface area (Å²) in [6, 6.07) is 8.02. The number of carbonyl (C=O) groups excluding carboxylic acids is 1. The second kappa shape index (κ2) is 9.86. The summed E-state index contributed by atoms with van der Waals surface area (Å²) in [4.78, 5) is 19.8. The molecule has 3 saturated heterocycles. The molecule has 0 aliphatic carbocycles. The number of nitrogens with zero attached hydrogens (tertiary/aromatic N) is 3. The second-order valence-electron chi connectivity index (χ2n) is 8.15. The lowest BCUT2D eigenvalue weighted by Gasteiger charge is -2.38. The van der Waals surface area contributed by atoms with E-state index in [0.29, 0.717) is 11.3 Å². The zero-order chi connectivity index (χ0) is 18.1. The van der Waals surface area contributed by atoms with Crippen molar-refractivity contribution in [3.63, 3.8) is 0 Å². The maximum atomic E-state index is 13.2. The van der Waals surface area contributed by atoms with Crippen LogP contribution in [-0.2, 0) is 4.79 Å². The second-order valence-corrected chi connectivity index (χ2v) is 8.56. The summed E-state index contributed by atoms with van der Waals surface area (Å²) >= 11 is 6.33. The number of anilines is 1. The van der Waals surface area contributed by atoms with Crippen molar-refractivity contribution in [1.29, 1.82) is 0 Å². The number of hydrogen-bond acceptors (Lipinski definition) is 4. The molecule has 1 N–H and O–H groups in total. The molecule has 8 heteroatoms. The van der Waals surface area contributed by atoms with Crippen LogP contribution >= 0.6 is 36.4 Å². The molecule has 1 unspecified atom stereocenters. The maximum absolute atomic E-state index is 13.2. The summed E-state index contributed by atoms with van der Waals surface area (Å²) in [6.07, 6.45) is 3.41. The smallest absolute Gasteiger partial charge is 0.240 e. The van der Waals surface area contributed by atoms with Gasteiger partial charge >= 0.3 is 0 Å². The molecule has 0 radical (unpaired) electrons. The van der Waals surface area contributed by atoms with Gasteiger partial charge in [0.25, 0.3) is 0 Å². The highest BCUT2D eigenvalue weighted by atomic mass is 35.5. The Morgan fingerprint density at radius 1 is 1.11 bits per heavy atom. The van der Waals surface area contributed by atoms with Crippen LogP contribution in [0.5, 0.6) is 0 Å². The lowest BCUT2D eigenvalue weighted by Crippen LogP contribution is -2.53. The summed E-state index contributed by atoms with van der Waals surface area (Å²) in [5.74, 6) is 0.321. The number of benzene rings is 1. The summed E-state index contributed by atoms with van der Waals surface area (Å²) in [5, 5.41) is 4.24. The summed E-state index contributed by atoms with van der Waals surface area (Å²) in [5.41, 5.74) is 1.42. The fourth-order valence-corrected chi connectivity index (χ4v) is 5.21. The molecule has 0 aromatic heterocycles. The van der Waals surface area contributed by atoms with E-state index < -0.39 is 0 Å². The van der Waals surface area contributed by atoms with E-state index in [4.69, 9.17) is 11.6 Å². The van der Waals surface area contributed by atoms with Crippen LogP contribution in [0.3, 0.4) is 0 Å². The lowest BCUT2D eigenvalue weighted by atomic mass is 9.77. The van der Waals surface area contributed by atoms with Gasteiger partial charge in [-0.05, 0) is 56.9 Å². The molecule has 1 spiro atoms. The Morgan fingerprint density at radius 2 is 1.75 bits per heavy atom. The summed E-state index contributed by atoms with van der Waals surface area (Å²) < 4.78 is 0. The largest absolute Gasteiger partial charge is 0.367 e. The van der Waals surface area contributed by atoms with Crippen molar-refractivity contribution in [1.82, 2.24) is 15.1 Å². The fraction of sp³-hybridized carbons (Fsp3) is 0.650. The number of halogens is 3. The lowest BCUT2D eigenvalue weighted by molar-refractivity contribution is -0.135. The number of hydrogen-bond donors (Lipinski definition) is 1. The molecule has 158 valence electrons. The number of amides is 1. The Bertz CT molecular complexity index is 661. The van der Waals surface area contributed by atoms with Gasteiger partial charge in [-0.15, -0.1) is 24.8 Å². The number of likely N-dealkylation sites (tertiary alicyclic amines) is 1. The number of nitrogens with one attached hydrogen (secondary N) is 1. The van der Waals surface area contributed by atoms with Gasteiger partial charge in [-0.25, -0.2) is 0 Å². The first-order valence-electron chi connectivity index (χ1n) is 9.77. The van der Waals surface area contributed by atoms with Gasteiger partial charge in [-0.1, -0.05) is 23.7 Å². The third-order valence-electron chi connectivity index (χ3n) is 6.48. The Labute approximate surface area is 185 Å². The van der Waals surface area contributed by atoms with Crippen LogP contribution in [0.15, 0.2) is 24.3 Å². The molecule has 0 bridgehead atoms. The molecule has 1 atom stereocenters. The van der Waals surface area contributed by atoms with Crippen LogP contribution in [-0.4, -0.2) is 74.6 Å². The quantitative estimate of drug-likeness (QED) is 0.753. The third kappa shape index (κ3) is 4.71. The van der Waals surface area contributed by atoms with Crippen molar-refractivity contribution in [3.8, 4) is 0 Å². The predicted octanol–water partition coefficient (Wildman–Crippen LogP) is 2.91. The van der Waals surface area contributed by atoms with E-state index in [9.17, 15) is 4.79 Å². The van der Waals surface area contributed by atoms with Crippen LogP contribution in [0.25, 0.3) is 0 Å². The Balaban J connectivity index is 0.00000140. The van der Waals surface area contributed by atoms with Crippen molar-refractivity contribution < 1.29 is 4.79 Å². The first kappa shape index (κ1) is 23.6. The molecule has 3 aliphatic rings. The molecule has 28 heavy (non-hydrogen) atoms. The Hall–Kier alpha value is -0.720. The minimum atomic E-state index is 0. The monoisotopic (exact) mass is 448 g/mol.